The molecule has 0 bridgehead atoms. The molecule has 7 nitrogen and oxygen atoms in total. The van der Waals surface area contributed by atoms with E-state index in [4.69, 9.17) is 4.74 Å². The molecule has 0 spiro atoms. The molecule has 1 aliphatic rings. The van der Waals surface area contributed by atoms with Crippen LogP contribution in [-0.2, 0) is 11.8 Å². The molecule has 2 atom stereocenters. The van der Waals surface area contributed by atoms with E-state index in [1.807, 2.05) is 19.1 Å². The van der Waals surface area contributed by atoms with Gasteiger partial charge in [-0.05, 0) is 30.5 Å². The first-order chi connectivity index (χ1) is 11.5. The average molecular weight is 331 g/mol. The Morgan fingerprint density at radius 3 is 2.92 bits per heavy atom. The zero-order chi connectivity index (χ0) is 17.3. The Bertz CT molecular complexity index is 817. The van der Waals surface area contributed by atoms with Crippen molar-refractivity contribution in [1.29, 1.82) is 0 Å². The molecular formula is C17H21N3O4. The summed E-state index contributed by atoms with van der Waals surface area (Å²) in [5.41, 5.74) is 0.458. The number of nitrogens with zero attached hydrogens (tertiary/aromatic N) is 2. The number of amides is 2. The number of carbonyl (C=O) groups is 1. The van der Waals surface area contributed by atoms with Crippen molar-refractivity contribution >= 4 is 22.5 Å². The van der Waals surface area contributed by atoms with E-state index in [9.17, 15) is 14.7 Å². The van der Waals surface area contributed by atoms with Gasteiger partial charge < -0.3 is 24.6 Å². The minimum Gasteiger partial charge on any atom is -0.394 e. The van der Waals surface area contributed by atoms with Crippen molar-refractivity contribution in [1.82, 2.24) is 9.47 Å². The summed E-state index contributed by atoms with van der Waals surface area (Å²) in [6.45, 7) is 2.53. The first-order valence-corrected chi connectivity index (χ1v) is 7.89. The highest BCUT2D eigenvalue weighted by molar-refractivity contribution is 5.93. The normalized spacial score (nSPS) is 21.0. The van der Waals surface area contributed by atoms with Gasteiger partial charge in [-0.2, -0.15) is 0 Å². The van der Waals surface area contributed by atoms with Gasteiger partial charge >= 0.3 is 6.03 Å². The number of ether oxygens (including phenoxy) is 1. The first-order valence-electron chi connectivity index (χ1n) is 7.89. The number of aliphatic hydroxyl groups is 1. The topological polar surface area (TPSA) is 83.8 Å². The van der Waals surface area contributed by atoms with Gasteiger partial charge in [0.05, 0.1) is 25.4 Å². The summed E-state index contributed by atoms with van der Waals surface area (Å²) in [4.78, 5) is 26.3. The van der Waals surface area contributed by atoms with Gasteiger partial charge in [-0.25, -0.2) is 4.79 Å². The summed E-state index contributed by atoms with van der Waals surface area (Å²) in [5.74, 6) is 0. The van der Waals surface area contributed by atoms with Crippen molar-refractivity contribution < 1.29 is 14.6 Å². The summed E-state index contributed by atoms with van der Waals surface area (Å²) in [5, 5.41) is 13.5. The van der Waals surface area contributed by atoms with E-state index in [0.717, 1.165) is 5.39 Å². The fourth-order valence-corrected chi connectivity index (χ4v) is 2.93. The number of anilines is 1. The third-order valence-corrected chi connectivity index (χ3v) is 4.15. The molecule has 24 heavy (non-hydrogen) atoms. The quantitative estimate of drug-likeness (QED) is 0.865. The number of carbonyl (C=O) groups excluding carboxylic acids is 1. The third-order valence-electron chi connectivity index (χ3n) is 4.15. The molecule has 1 aromatic heterocycles. The number of aliphatic hydroxyl groups excluding tert-OH is 1. The zero-order valence-corrected chi connectivity index (χ0v) is 13.7. The Kier molecular flexibility index (Phi) is 4.55. The van der Waals surface area contributed by atoms with Crippen LogP contribution in [-0.4, -0.2) is 52.5 Å². The van der Waals surface area contributed by atoms with E-state index in [1.54, 1.807) is 30.3 Å². The van der Waals surface area contributed by atoms with Crippen LogP contribution in [0.15, 0.2) is 35.3 Å². The largest absolute Gasteiger partial charge is 0.394 e. The van der Waals surface area contributed by atoms with Gasteiger partial charge in [-0.3, -0.25) is 4.79 Å². The van der Waals surface area contributed by atoms with Crippen LogP contribution in [0.1, 0.15) is 6.92 Å². The molecule has 128 valence electrons. The standard InChI is InChI=1S/C17H21N3O4/c1-11-8-20(9-14(10-21)24-11)17(23)18-13-4-3-12-5-6-19(2)16(22)15(12)7-13/h3-7,11,14,21H,8-10H2,1-2H3,(H,18,23). The van der Waals surface area contributed by atoms with Gasteiger partial charge in [0.15, 0.2) is 0 Å². The molecule has 2 N–H and O–H groups in total. The van der Waals surface area contributed by atoms with Crippen LogP contribution in [0.25, 0.3) is 10.8 Å². The zero-order valence-electron chi connectivity index (χ0n) is 13.7. The maximum absolute atomic E-state index is 12.5. The molecule has 1 fully saturated rings. The van der Waals surface area contributed by atoms with E-state index in [1.165, 1.54) is 4.57 Å². The molecule has 2 unspecified atom stereocenters. The van der Waals surface area contributed by atoms with Crippen LogP contribution in [0, 0.1) is 0 Å². The Labute approximate surface area is 139 Å². The molecule has 3 rings (SSSR count). The van der Waals surface area contributed by atoms with Gasteiger partial charge in [-0.1, -0.05) is 6.07 Å². The Morgan fingerprint density at radius 1 is 1.38 bits per heavy atom. The molecule has 0 saturated carbocycles. The van der Waals surface area contributed by atoms with Crippen LogP contribution >= 0.6 is 0 Å². The second kappa shape index (κ2) is 6.62. The molecule has 1 saturated heterocycles. The van der Waals surface area contributed by atoms with Crippen LogP contribution < -0.4 is 10.9 Å². The second-order valence-corrected chi connectivity index (χ2v) is 6.12. The van der Waals surface area contributed by atoms with Crippen molar-refractivity contribution in [3.63, 3.8) is 0 Å². The number of hydrogen-bond acceptors (Lipinski definition) is 4. The van der Waals surface area contributed by atoms with E-state index in [-0.39, 0.29) is 30.4 Å². The predicted octanol–water partition coefficient (Wildman–Crippen LogP) is 1.15. The third kappa shape index (κ3) is 3.27. The van der Waals surface area contributed by atoms with Gasteiger partial charge in [0.2, 0.25) is 0 Å². The lowest BCUT2D eigenvalue weighted by Gasteiger charge is -2.36. The Hall–Kier alpha value is -2.38. The van der Waals surface area contributed by atoms with E-state index in [0.29, 0.717) is 24.2 Å². The number of morpholine rings is 1. The van der Waals surface area contributed by atoms with Crippen molar-refractivity contribution in [2.45, 2.75) is 19.1 Å². The second-order valence-electron chi connectivity index (χ2n) is 6.12. The molecule has 2 aromatic rings. The summed E-state index contributed by atoms with van der Waals surface area (Å²) in [6, 6.07) is 6.86. The number of nitrogens with one attached hydrogen (secondary N) is 1. The number of pyridine rings is 1. The average Bonchev–Trinajstić information content (AvgIpc) is 2.58. The van der Waals surface area contributed by atoms with Crippen molar-refractivity contribution in [3.05, 3.63) is 40.8 Å². The number of fused-ring (bicyclic) bond motifs is 1. The number of urea groups is 1. The molecule has 2 heterocycles. The number of aryl methyl sites for hydroxylation is 1. The molecule has 7 heteroatoms. The van der Waals surface area contributed by atoms with Gasteiger partial charge in [0.1, 0.15) is 0 Å². The van der Waals surface area contributed by atoms with Gasteiger partial charge in [-0.15, -0.1) is 0 Å². The Morgan fingerprint density at radius 2 is 2.17 bits per heavy atom. The van der Waals surface area contributed by atoms with Crippen molar-refractivity contribution in [2.75, 3.05) is 25.0 Å². The lowest BCUT2D eigenvalue weighted by molar-refractivity contribution is -0.0822. The highest BCUT2D eigenvalue weighted by Crippen LogP contribution is 2.18. The summed E-state index contributed by atoms with van der Waals surface area (Å²) >= 11 is 0. The van der Waals surface area contributed by atoms with E-state index >= 15 is 0 Å². The van der Waals surface area contributed by atoms with Gasteiger partial charge in [0.25, 0.3) is 5.56 Å². The molecule has 0 radical (unpaired) electrons. The number of aromatic nitrogens is 1. The van der Waals surface area contributed by atoms with Crippen molar-refractivity contribution in [3.8, 4) is 0 Å². The van der Waals surface area contributed by atoms with E-state index < -0.39 is 0 Å². The highest BCUT2D eigenvalue weighted by Gasteiger charge is 2.28. The predicted molar refractivity (Wildman–Crippen MR) is 91.2 cm³/mol. The molecular weight excluding hydrogens is 310 g/mol. The van der Waals surface area contributed by atoms with Crippen LogP contribution in [0.3, 0.4) is 0 Å². The maximum Gasteiger partial charge on any atom is 0.322 e. The van der Waals surface area contributed by atoms with E-state index in [2.05, 4.69) is 5.32 Å². The lowest BCUT2D eigenvalue weighted by Crippen LogP contribution is -2.51. The minimum absolute atomic E-state index is 0.107. The van der Waals surface area contributed by atoms with Gasteiger partial charge in [0, 0.05) is 30.9 Å². The molecule has 2 amide bonds. The smallest absolute Gasteiger partial charge is 0.322 e. The lowest BCUT2D eigenvalue weighted by atomic mass is 10.1. The van der Waals surface area contributed by atoms with Crippen molar-refractivity contribution in [2.24, 2.45) is 7.05 Å². The number of rotatable bonds is 2. The van der Waals surface area contributed by atoms with Crippen LogP contribution in [0.4, 0.5) is 10.5 Å². The molecule has 1 aromatic carbocycles. The summed E-state index contributed by atoms with van der Waals surface area (Å²) < 4.78 is 7.04. The number of benzene rings is 1. The monoisotopic (exact) mass is 331 g/mol. The summed E-state index contributed by atoms with van der Waals surface area (Å²) in [7, 11) is 1.69. The van der Waals surface area contributed by atoms with Crippen LogP contribution in [0.2, 0.25) is 0 Å². The first kappa shape index (κ1) is 16.5. The summed E-state index contributed by atoms with van der Waals surface area (Å²) in [6.07, 6.45) is 1.21. The van der Waals surface area contributed by atoms with Crippen LogP contribution in [0.5, 0.6) is 0 Å². The fourth-order valence-electron chi connectivity index (χ4n) is 2.93. The molecule has 1 aliphatic heterocycles. The number of hydrogen-bond donors (Lipinski definition) is 2. The maximum atomic E-state index is 12.5. The SMILES string of the molecule is CC1CN(C(=O)Nc2ccc3ccn(C)c(=O)c3c2)CC(CO)O1. The Balaban J connectivity index is 1.80. The highest BCUT2D eigenvalue weighted by atomic mass is 16.5. The minimum atomic E-state index is -0.372. The fraction of sp³-hybridized carbons (Fsp3) is 0.412. The molecule has 0 aliphatic carbocycles.